The highest BCUT2D eigenvalue weighted by atomic mass is 16.6. The lowest BCUT2D eigenvalue weighted by Crippen LogP contribution is -2.42. The number of carbonyl (C=O) groups is 1. The molecule has 0 heterocycles. The summed E-state index contributed by atoms with van der Waals surface area (Å²) >= 11 is 0. The molecule has 0 saturated heterocycles. The SMILES string of the molecule is CCCCCN(C(=O)OC(C)(C)C)C(C)CCC. The van der Waals surface area contributed by atoms with Crippen molar-refractivity contribution >= 4 is 6.09 Å². The molecule has 1 amide bonds. The summed E-state index contributed by atoms with van der Waals surface area (Å²) in [4.78, 5) is 14.1. The molecule has 1 atom stereocenters. The Hall–Kier alpha value is -0.730. The molecule has 0 spiro atoms. The molecule has 0 bridgehead atoms. The van der Waals surface area contributed by atoms with E-state index < -0.39 is 5.60 Å². The van der Waals surface area contributed by atoms with Gasteiger partial charge in [0, 0.05) is 12.6 Å². The third-order valence-electron chi connectivity index (χ3n) is 2.87. The predicted octanol–water partition coefficient (Wildman–Crippen LogP) is 4.60. The van der Waals surface area contributed by atoms with Crippen molar-refractivity contribution in [1.29, 1.82) is 0 Å². The van der Waals surface area contributed by atoms with Gasteiger partial charge in [-0.15, -0.1) is 0 Å². The van der Waals surface area contributed by atoms with E-state index in [4.69, 9.17) is 4.74 Å². The Bertz CT molecular complexity index is 233. The summed E-state index contributed by atoms with van der Waals surface area (Å²) in [7, 11) is 0. The number of nitrogens with zero attached hydrogens (tertiary/aromatic N) is 1. The van der Waals surface area contributed by atoms with E-state index in [9.17, 15) is 4.79 Å². The van der Waals surface area contributed by atoms with Gasteiger partial charge in [-0.25, -0.2) is 4.79 Å². The first-order valence-corrected chi connectivity index (χ1v) is 7.31. The van der Waals surface area contributed by atoms with Crippen LogP contribution in [-0.4, -0.2) is 29.2 Å². The normalized spacial score (nSPS) is 13.2. The smallest absolute Gasteiger partial charge is 0.410 e. The van der Waals surface area contributed by atoms with E-state index in [1.54, 1.807) is 0 Å². The molecule has 18 heavy (non-hydrogen) atoms. The Labute approximate surface area is 113 Å². The van der Waals surface area contributed by atoms with E-state index >= 15 is 0 Å². The number of rotatable bonds is 7. The number of carbonyl (C=O) groups excluding carboxylic acids is 1. The minimum Gasteiger partial charge on any atom is -0.444 e. The van der Waals surface area contributed by atoms with Crippen molar-refractivity contribution in [2.24, 2.45) is 0 Å². The number of unbranched alkanes of at least 4 members (excludes halogenated alkanes) is 2. The van der Waals surface area contributed by atoms with Crippen LogP contribution in [0.2, 0.25) is 0 Å². The fraction of sp³-hybridized carbons (Fsp3) is 0.933. The number of hydrogen-bond donors (Lipinski definition) is 0. The standard InChI is InChI=1S/C15H31NO2/c1-7-9-10-12-16(13(3)11-8-2)14(17)18-15(4,5)6/h13H,7-12H2,1-6H3. The van der Waals surface area contributed by atoms with Gasteiger partial charge in [-0.3, -0.25) is 0 Å². The Balaban J connectivity index is 4.48. The van der Waals surface area contributed by atoms with Crippen LogP contribution in [0.1, 0.15) is 73.6 Å². The summed E-state index contributed by atoms with van der Waals surface area (Å²) in [6, 6.07) is 0.265. The molecule has 0 fully saturated rings. The molecule has 0 radical (unpaired) electrons. The average molecular weight is 257 g/mol. The van der Waals surface area contributed by atoms with Crippen LogP contribution in [0.4, 0.5) is 4.79 Å². The largest absolute Gasteiger partial charge is 0.444 e. The quantitative estimate of drug-likeness (QED) is 0.624. The second kappa shape index (κ2) is 8.39. The maximum atomic E-state index is 12.2. The third kappa shape index (κ3) is 7.57. The summed E-state index contributed by atoms with van der Waals surface area (Å²) in [5.74, 6) is 0. The zero-order chi connectivity index (χ0) is 14.2. The lowest BCUT2D eigenvalue weighted by molar-refractivity contribution is 0.0164. The molecular weight excluding hydrogens is 226 g/mol. The molecule has 1 unspecified atom stereocenters. The van der Waals surface area contributed by atoms with Gasteiger partial charge in [0.25, 0.3) is 0 Å². The fourth-order valence-electron chi connectivity index (χ4n) is 1.92. The van der Waals surface area contributed by atoms with Crippen molar-refractivity contribution in [3.8, 4) is 0 Å². The molecule has 108 valence electrons. The van der Waals surface area contributed by atoms with E-state index in [2.05, 4.69) is 20.8 Å². The van der Waals surface area contributed by atoms with Gasteiger partial charge in [0.2, 0.25) is 0 Å². The van der Waals surface area contributed by atoms with Gasteiger partial charge in [-0.2, -0.15) is 0 Å². The summed E-state index contributed by atoms with van der Waals surface area (Å²) < 4.78 is 5.49. The summed E-state index contributed by atoms with van der Waals surface area (Å²) in [5, 5.41) is 0. The highest BCUT2D eigenvalue weighted by Crippen LogP contribution is 2.15. The molecule has 0 aliphatic rings. The number of amides is 1. The molecule has 0 aromatic rings. The molecule has 0 N–H and O–H groups in total. The van der Waals surface area contributed by atoms with E-state index in [0.717, 1.165) is 32.2 Å². The van der Waals surface area contributed by atoms with Crippen LogP contribution in [0.15, 0.2) is 0 Å². The number of hydrogen-bond acceptors (Lipinski definition) is 2. The van der Waals surface area contributed by atoms with Gasteiger partial charge in [0.15, 0.2) is 0 Å². The maximum Gasteiger partial charge on any atom is 0.410 e. The van der Waals surface area contributed by atoms with Crippen molar-refractivity contribution in [2.45, 2.75) is 85.3 Å². The highest BCUT2D eigenvalue weighted by Gasteiger charge is 2.25. The molecule has 0 saturated carbocycles. The molecular formula is C15H31NO2. The maximum absolute atomic E-state index is 12.2. The second-order valence-electron chi connectivity index (χ2n) is 6.02. The molecule has 3 heteroatoms. The molecule has 0 aliphatic heterocycles. The van der Waals surface area contributed by atoms with Crippen molar-refractivity contribution in [3.05, 3.63) is 0 Å². The van der Waals surface area contributed by atoms with Gasteiger partial charge in [0.05, 0.1) is 0 Å². The van der Waals surface area contributed by atoms with Crippen LogP contribution in [0.5, 0.6) is 0 Å². The van der Waals surface area contributed by atoms with Gasteiger partial charge < -0.3 is 9.64 Å². The molecule has 3 nitrogen and oxygen atoms in total. The lowest BCUT2D eigenvalue weighted by Gasteiger charge is -2.31. The van der Waals surface area contributed by atoms with E-state index in [-0.39, 0.29) is 12.1 Å². The van der Waals surface area contributed by atoms with Crippen LogP contribution >= 0.6 is 0 Å². The van der Waals surface area contributed by atoms with Crippen LogP contribution in [0.25, 0.3) is 0 Å². The Morgan fingerprint density at radius 1 is 1.17 bits per heavy atom. The summed E-state index contributed by atoms with van der Waals surface area (Å²) in [5.41, 5.74) is -0.411. The van der Waals surface area contributed by atoms with Gasteiger partial charge in [0.1, 0.15) is 5.60 Å². The molecule has 0 aromatic carbocycles. The molecule has 0 rings (SSSR count). The number of ether oxygens (including phenoxy) is 1. The predicted molar refractivity (Wildman–Crippen MR) is 76.8 cm³/mol. The molecule has 0 aliphatic carbocycles. The van der Waals surface area contributed by atoms with Crippen molar-refractivity contribution in [1.82, 2.24) is 4.90 Å². The zero-order valence-corrected chi connectivity index (χ0v) is 13.1. The van der Waals surface area contributed by atoms with Crippen molar-refractivity contribution in [2.75, 3.05) is 6.54 Å². The van der Waals surface area contributed by atoms with Crippen molar-refractivity contribution in [3.63, 3.8) is 0 Å². The van der Waals surface area contributed by atoms with E-state index in [0.29, 0.717) is 0 Å². The lowest BCUT2D eigenvalue weighted by atomic mass is 10.1. The highest BCUT2D eigenvalue weighted by molar-refractivity contribution is 5.68. The van der Waals surface area contributed by atoms with Crippen molar-refractivity contribution < 1.29 is 9.53 Å². The van der Waals surface area contributed by atoms with Crippen LogP contribution in [-0.2, 0) is 4.74 Å². The van der Waals surface area contributed by atoms with Crippen LogP contribution < -0.4 is 0 Å². The van der Waals surface area contributed by atoms with Gasteiger partial charge in [-0.05, 0) is 40.5 Å². The first-order chi connectivity index (χ1) is 8.31. The average Bonchev–Trinajstić information content (AvgIpc) is 2.22. The third-order valence-corrected chi connectivity index (χ3v) is 2.87. The minimum atomic E-state index is -0.411. The van der Waals surface area contributed by atoms with Crippen LogP contribution in [0, 0.1) is 0 Å². The monoisotopic (exact) mass is 257 g/mol. The van der Waals surface area contributed by atoms with Gasteiger partial charge >= 0.3 is 6.09 Å². The first kappa shape index (κ1) is 17.3. The Morgan fingerprint density at radius 3 is 2.22 bits per heavy atom. The fourth-order valence-corrected chi connectivity index (χ4v) is 1.92. The first-order valence-electron chi connectivity index (χ1n) is 7.31. The second-order valence-corrected chi connectivity index (χ2v) is 6.02. The zero-order valence-electron chi connectivity index (χ0n) is 13.1. The topological polar surface area (TPSA) is 29.5 Å². The summed E-state index contributed by atoms with van der Waals surface area (Å²) in [6.07, 6.45) is 5.35. The van der Waals surface area contributed by atoms with E-state index in [1.807, 2.05) is 25.7 Å². The van der Waals surface area contributed by atoms with Crippen LogP contribution in [0.3, 0.4) is 0 Å². The summed E-state index contributed by atoms with van der Waals surface area (Å²) in [6.45, 7) is 13.0. The molecule has 0 aromatic heterocycles. The van der Waals surface area contributed by atoms with Gasteiger partial charge in [-0.1, -0.05) is 33.1 Å². The Morgan fingerprint density at radius 2 is 1.78 bits per heavy atom. The Kier molecular flexibility index (Phi) is 8.05. The van der Waals surface area contributed by atoms with E-state index in [1.165, 1.54) is 6.42 Å². The minimum absolute atomic E-state index is 0.167.